The highest BCUT2D eigenvalue weighted by atomic mass is 32.2. The van der Waals surface area contributed by atoms with Crippen LogP contribution in [-0.4, -0.2) is 14.7 Å². The summed E-state index contributed by atoms with van der Waals surface area (Å²) in [6, 6.07) is 12.6. The Bertz CT molecular complexity index is 811. The van der Waals surface area contributed by atoms with E-state index in [0.717, 1.165) is 12.3 Å². The highest BCUT2D eigenvalue weighted by Crippen LogP contribution is 2.20. The molecular weight excluding hydrogens is 291 g/mol. The van der Waals surface area contributed by atoms with Crippen LogP contribution in [0.1, 0.15) is 11.1 Å². The van der Waals surface area contributed by atoms with E-state index in [4.69, 9.17) is 5.26 Å². The van der Waals surface area contributed by atoms with Crippen molar-refractivity contribution < 1.29 is 12.8 Å². The monoisotopic (exact) mass is 304 g/mol. The normalized spacial score (nSPS) is 10.9. The predicted octanol–water partition coefficient (Wildman–Crippen LogP) is 2.71. The Balaban J connectivity index is 2.26. The fourth-order valence-electron chi connectivity index (χ4n) is 1.84. The maximum Gasteiger partial charge on any atom is 0.175 e. The van der Waals surface area contributed by atoms with Crippen molar-refractivity contribution in [2.24, 2.45) is 0 Å². The van der Waals surface area contributed by atoms with Gasteiger partial charge in [-0.3, -0.25) is 0 Å². The minimum Gasteiger partial charge on any atom is -0.379 e. The zero-order valence-corrected chi connectivity index (χ0v) is 12.1. The van der Waals surface area contributed by atoms with Gasteiger partial charge in [0, 0.05) is 12.8 Å². The molecule has 0 radical (unpaired) electrons. The lowest BCUT2D eigenvalue weighted by molar-refractivity contribution is 0.600. The Morgan fingerprint density at radius 3 is 2.62 bits per heavy atom. The van der Waals surface area contributed by atoms with Gasteiger partial charge in [-0.1, -0.05) is 18.2 Å². The van der Waals surface area contributed by atoms with E-state index in [1.54, 1.807) is 24.3 Å². The summed E-state index contributed by atoms with van der Waals surface area (Å²) in [5.41, 5.74) is 1.29. The van der Waals surface area contributed by atoms with Crippen LogP contribution in [0.5, 0.6) is 0 Å². The van der Waals surface area contributed by atoms with Crippen molar-refractivity contribution in [3.8, 4) is 6.07 Å². The molecule has 0 fully saturated rings. The Morgan fingerprint density at radius 2 is 1.95 bits per heavy atom. The highest BCUT2D eigenvalue weighted by Gasteiger charge is 2.11. The smallest absolute Gasteiger partial charge is 0.175 e. The molecule has 4 nitrogen and oxygen atoms in total. The molecule has 0 amide bonds. The number of hydrogen-bond donors (Lipinski definition) is 1. The summed E-state index contributed by atoms with van der Waals surface area (Å²) in [4.78, 5) is 0.0416. The van der Waals surface area contributed by atoms with Crippen molar-refractivity contribution in [3.05, 3.63) is 59.4 Å². The Labute approximate surface area is 122 Å². The Morgan fingerprint density at radius 1 is 1.24 bits per heavy atom. The summed E-state index contributed by atoms with van der Waals surface area (Å²) >= 11 is 0. The molecule has 0 aromatic heterocycles. The van der Waals surface area contributed by atoms with Gasteiger partial charge < -0.3 is 5.32 Å². The standard InChI is InChI=1S/C15H13FN2O2S/c1-21(19,20)13-6-7-14(16)15(8-13)18-10-12-5-3-2-4-11(12)9-17/h2-8,18H,10H2,1H3. The third kappa shape index (κ3) is 3.58. The van der Waals surface area contributed by atoms with Gasteiger partial charge in [0.05, 0.1) is 22.2 Å². The summed E-state index contributed by atoms with van der Waals surface area (Å²) in [5.74, 6) is -0.545. The SMILES string of the molecule is CS(=O)(=O)c1ccc(F)c(NCc2ccccc2C#N)c1. The van der Waals surface area contributed by atoms with Gasteiger partial charge in [-0.15, -0.1) is 0 Å². The minimum atomic E-state index is -3.40. The summed E-state index contributed by atoms with van der Waals surface area (Å²) < 4.78 is 36.7. The van der Waals surface area contributed by atoms with Crippen LogP contribution in [0.2, 0.25) is 0 Å². The van der Waals surface area contributed by atoms with Gasteiger partial charge in [0.1, 0.15) is 5.82 Å². The maximum absolute atomic E-state index is 13.7. The molecule has 108 valence electrons. The average Bonchev–Trinajstić information content (AvgIpc) is 2.45. The number of hydrogen-bond acceptors (Lipinski definition) is 4. The quantitative estimate of drug-likeness (QED) is 0.882. The first-order valence-electron chi connectivity index (χ1n) is 6.13. The van der Waals surface area contributed by atoms with Gasteiger partial charge in [-0.05, 0) is 29.8 Å². The molecule has 0 atom stereocenters. The molecule has 0 aliphatic heterocycles. The topological polar surface area (TPSA) is 70.0 Å². The van der Waals surface area contributed by atoms with Crippen molar-refractivity contribution in [3.63, 3.8) is 0 Å². The summed E-state index contributed by atoms with van der Waals surface area (Å²) in [6.07, 6.45) is 1.06. The van der Waals surface area contributed by atoms with Gasteiger partial charge in [-0.2, -0.15) is 5.26 Å². The third-order valence-electron chi connectivity index (χ3n) is 2.97. The highest BCUT2D eigenvalue weighted by molar-refractivity contribution is 7.90. The van der Waals surface area contributed by atoms with Crippen LogP contribution in [0, 0.1) is 17.1 Å². The molecule has 0 saturated heterocycles. The zero-order chi connectivity index (χ0) is 15.5. The van der Waals surface area contributed by atoms with Crippen molar-refractivity contribution >= 4 is 15.5 Å². The van der Waals surface area contributed by atoms with E-state index in [1.807, 2.05) is 0 Å². The number of rotatable bonds is 4. The molecule has 0 heterocycles. The van der Waals surface area contributed by atoms with Gasteiger partial charge in [0.15, 0.2) is 9.84 Å². The van der Waals surface area contributed by atoms with E-state index in [2.05, 4.69) is 11.4 Å². The van der Waals surface area contributed by atoms with E-state index in [-0.39, 0.29) is 17.1 Å². The summed E-state index contributed by atoms with van der Waals surface area (Å²) in [7, 11) is -3.40. The summed E-state index contributed by atoms with van der Waals surface area (Å²) in [6.45, 7) is 0.230. The number of sulfone groups is 1. The molecule has 0 bridgehead atoms. The summed E-state index contributed by atoms with van der Waals surface area (Å²) in [5, 5.41) is 11.8. The molecule has 2 aromatic rings. The number of benzene rings is 2. The molecule has 2 aromatic carbocycles. The molecule has 0 aliphatic rings. The lowest BCUT2D eigenvalue weighted by Crippen LogP contribution is -2.05. The number of nitrogens with zero attached hydrogens (tertiary/aromatic N) is 1. The Kier molecular flexibility index (Phi) is 4.24. The molecule has 0 spiro atoms. The van der Waals surface area contributed by atoms with Gasteiger partial charge in [0.2, 0.25) is 0 Å². The van der Waals surface area contributed by atoms with Crippen LogP contribution in [-0.2, 0) is 16.4 Å². The third-order valence-corrected chi connectivity index (χ3v) is 4.08. The van der Waals surface area contributed by atoms with Crippen molar-refractivity contribution in [1.29, 1.82) is 5.26 Å². The number of anilines is 1. The molecule has 0 saturated carbocycles. The van der Waals surface area contributed by atoms with Crippen LogP contribution in [0.3, 0.4) is 0 Å². The van der Waals surface area contributed by atoms with Crippen molar-refractivity contribution in [2.45, 2.75) is 11.4 Å². The maximum atomic E-state index is 13.7. The van der Waals surface area contributed by atoms with E-state index in [1.165, 1.54) is 12.1 Å². The minimum absolute atomic E-state index is 0.0416. The molecule has 2 rings (SSSR count). The van der Waals surface area contributed by atoms with E-state index < -0.39 is 15.7 Å². The molecule has 0 aliphatic carbocycles. The van der Waals surface area contributed by atoms with Crippen LogP contribution in [0.4, 0.5) is 10.1 Å². The zero-order valence-electron chi connectivity index (χ0n) is 11.3. The first-order valence-corrected chi connectivity index (χ1v) is 8.02. The van der Waals surface area contributed by atoms with E-state index in [0.29, 0.717) is 11.1 Å². The number of nitriles is 1. The second kappa shape index (κ2) is 5.94. The fourth-order valence-corrected chi connectivity index (χ4v) is 2.49. The van der Waals surface area contributed by atoms with Gasteiger partial charge >= 0.3 is 0 Å². The lowest BCUT2D eigenvalue weighted by Gasteiger charge is -2.10. The molecule has 21 heavy (non-hydrogen) atoms. The molecule has 1 N–H and O–H groups in total. The molecule has 6 heteroatoms. The fraction of sp³-hybridized carbons (Fsp3) is 0.133. The van der Waals surface area contributed by atoms with Crippen LogP contribution in [0.15, 0.2) is 47.4 Å². The first kappa shape index (κ1) is 15.0. The second-order valence-electron chi connectivity index (χ2n) is 4.54. The second-order valence-corrected chi connectivity index (χ2v) is 6.55. The molecule has 0 unspecified atom stereocenters. The van der Waals surface area contributed by atoms with Gasteiger partial charge in [0.25, 0.3) is 0 Å². The van der Waals surface area contributed by atoms with Crippen molar-refractivity contribution in [2.75, 3.05) is 11.6 Å². The lowest BCUT2D eigenvalue weighted by atomic mass is 10.1. The molecular formula is C15H13FN2O2S. The number of nitrogens with one attached hydrogen (secondary N) is 1. The van der Waals surface area contributed by atoms with Gasteiger partial charge in [-0.25, -0.2) is 12.8 Å². The van der Waals surface area contributed by atoms with E-state index >= 15 is 0 Å². The first-order chi connectivity index (χ1) is 9.91. The van der Waals surface area contributed by atoms with Crippen LogP contribution < -0.4 is 5.32 Å². The van der Waals surface area contributed by atoms with Crippen LogP contribution >= 0.6 is 0 Å². The Hall–Kier alpha value is -2.39. The van der Waals surface area contributed by atoms with Crippen molar-refractivity contribution in [1.82, 2.24) is 0 Å². The largest absolute Gasteiger partial charge is 0.379 e. The predicted molar refractivity (Wildman–Crippen MR) is 78.0 cm³/mol. The average molecular weight is 304 g/mol. The number of halogens is 1. The van der Waals surface area contributed by atoms with Crippen LogP contribution in [0.25, 0.3) is 0 Å². The van der Waals surface area contributed by atoms with E-state index in [9.17, 15) is 12.8 Å².